The number of nitrogens with two attached hydrogens (primary N) is 1. The van der Waals surface area contributed by atoms with Gasteiger partial charge < -0.3 is 15.6 Å². The molecule has 0 radical (unpaired) electrons. The number of aromatic nitrogens is 4. The monoisotopic (exact) mass is 344 g/mol. The summed E-state index contributed by atoms with van der Waals surface area (Å²) in [6.07, 6.45) is 1.51. The van der Waals surface area contributed by atoms with Crippen LogP contribution in [-0.4, -0.2) is 38.0 Å². The minimum atomic E-state index is -0.332. The van der Waals surface area contributed by atoms with Gasteiger partial charge >= 0.3 is 0 Å². The number of hydrogen-bond donors (Lipinski definition) is 3. The molecule has 0 unspecified atom stereocenters. The Bertz CT molecular complexity index is 827. The van der Waals surface area contributed by atoms with Crippen LogP contribution in [0.1, 0.15) is 11.3 Å². The Balaban J connectivity index is 1.67. The number of carbonyl (C=O) groups excluding carboxylic acids is 1. The van der Waals surface area contributed by atoms with Gasteiger partial charge in [0.1, 0.15) is 12.9 Å². The van der Waals surface area contributed by atoms with Crippen molar-refractivity contribution in [1.29, 1.82) is 0 Å². The number of hydrogen-bond acceptors (Lipinski definition) is 5. The van der Waals surface area contributed by atoms with Gasteiger partial charge in [-0.1, -0.05) is 30.0 Å². The van der Waals surface area contributed by atoms with Crippen LogP contribution in [-0.2, 0) is 17.9 Å². The first-order chi connectivity index (χ1) is 11.7. The third-order valence-electron chi connectivity index (χ3n) is 3.89. The molecule has 0 atom stereocenters. The van der Waals surface area contributed by atoms with Crippen molar-refractivity contribution < 1.29 is 4.79 Å². The number of aromatic amines is 1. The van der Waals surface area contributed by atoms with Gasteiger partial charge in [-0.25, -0.2) is 4.98 Å². The van der Waals surface area contributed by atoms with Gasteiger partial charge in [0.2, 0.25) is 5.91 Å². The molecule has 4 N–H and O–H groups in total. The molecule has 2 aromatic heterocycles. The van der Waals surface area contributed by atoms with Crippen molar-refractivity contribution in [3.8, 4) is 0 Å². The second kappa shape index (κ2) is 7.50. The smallest absolute Gasteiger partial charge is 0.237 e. The molecule has 8 heteroatoms. The second-order valence-corrected chi connectivity index (χ2v) is 6.53. The van der Waals surface area contributed by atoms with Crippen LogP contribution >= 0.6 is 11.8 Å². The zero-order valence-corrected chi connectivity index (χ0v) is 14.3. The number of fused-ring (bicyclic) bond motifs is 1. The lowest BCUT2D eigenvalue weighted by atomic mass is 10.1. The van der Waals surface area contributed by atoms with Gasteiger partial charge in [0.15, 0.2) is 5.16 Å². The number of para-hydroxylation sites is 1. The van der Waals surface area contributed by atoms with Crippen molar-refractivity contribution in [3.05, 3.63) is 41.9 Å². The summed E-state index contributed by atoms with van der Waals surface area (Å²) in [5.74, 6) is 0.565. The van der Waals surface area contributed by atoms with Crippen molar-refractivity contribution in [1.82, 2.24) is 25.1 Å². The largest absolute Gasteiger partial charge is 0.368 e. The second-order valence-electron chi connectivity index (χ2n) is 5.45. The number of nitrogens with one attached hydrogen (secondary N) is 2. The SMILES string of the molecule is Cc1c(CNCCSc2ncn[nH]2)c2ccccc2n1CC(N)=O. The highest BCUT2D eigenvalue weighted by atomic mass is 32.2. The first-order valence-corrected chi connectivity index (χ1v) is 8.69. The topological polar surface area (TPSA) is 102 Å². The zero-order chi connectivity index (χ0) is 16.9. The Morgan fingerprint density at radius 1 is 1.42 bits per heavy atom. The summed E-state index contributed by atoms with van der Waals surface area (Å²) >= 11 is 1.63. The third kappa shape index (κ3) is 3.60. The Morgan fingerprint density at radius 2 is 2.25 bits per heavy atom. The fourth-order valence-electron chi connectivity index (χ4n) is 2.78. The maximum atomic E-state index is 11.4. The molecule has 0 saturated carbocycles. The van der Waals surface area contributed by atoms with E-state index in [1.54, 1.807) is 11.8 Å². The minimum Gasteiger partial charge on any atom is -0.368 e. The number of nitrogens with zero attached hydrogens (tertiary/aromatic N) is 3. The first-order valence-electron chi connectivity index (χ1n) is 7.70. The van der Waals surface area contributed by atoms with E-state index in [0.717, 1.165) is 40.6 Å². The predicted octanol–water partition coefficient (Wildman–Crippen LogP) is 1.44. The average Bonchev–Trinajstić information content (AvgIpc) is 3.16. The van der Waals surface area contributed by atoms with Crippen molar-refractivity contribution in [3.63, 3.8) is 0 Å². The van der Waals surface area contributed by atoms with Crippen LogP contribution in [0.25, 0.3) is 10.9 Å². The number of H-pyrrole nitrogens is 1. The molecule has 0 bridgehead atoms. The molecular weight excluding hydrogens is 324 g/mol. The van der Waals surface area contributed by atoms with E-state index >= 15 is 0 Å². The average molecular weight is 344 g/mol. The van der Waals surface area contributed by atoms with Gasteiger partial charge in [0.25, 0.3) is 0 Å². The third-order valence-corrected chi connectivity index (χ3v) is 4.77. The normalized spacial score (nSPS) is 11.2. The van der Waals surface area contributed by atoms with E-state index in [9.17, 15) is 4.79 Å². The minimum absolute atomic E-state index is 0.202. The van der Waals surface area contributed by atoms with Crippen LogP contribution in [0.15, 0.2) is 35.7 Å². The zero-order valence-electron chi connectivity index (χ0n) is 13.5. The van der Waals surface area contributed by atoms with Crippen molar-refractivity contribution in [2.24, 2.45) is 5.73 Å². The van der Waals surface area contributed by atoms with Crippen LogP contribution in [0.2, 0.25) is 0 Å². The Hall–Kier alpha value is -2.32. The summed E-state index contributed by atoms with van der Waals surface area (Å²) in [6, 6.07) is 8.10. The molecule has 0 saturated heterocycles. The molecule has 1 amide bonds. The molecule has 3 rings (SSSR count). The highest BCUT2D eigenvalue weighted by Crippen LogP contribution is 2.25. The molecule has 0 fully saturated rings. The standard InChI is InChI=1S/C16H20N6OS/c1-11-13(8-18-6-7-24-16-19-10-20-21-16)12-4-2-3-5-14(12)22(11)9-15(17)23/h2-5,10,18H,6-9H2,1H3,(H2,17,23)(H,19,20,21). The molecule has 0 spiro atoms. The van der Waals surface area contributed by atoms with E-state index in [0.29, 0.717) is 0 Å². The lowest BCUT2D eigenvalue weighted by molar-refractivity contribution is -0.118. The quantitative estimate of drug-likeness (QED) is 0.424. The molecule has 0 aliphatic rings. The molecule has 126 valence electrons. The van der Waals surface area contributed by atoms with E-state index in [-0.39, 0.29) is 12.5 Å². The van der Waals surface area contributed by atoms with E-state index in [1.165, 1.54) is 11.9 Å². The van der Waals surface area contributed by atoms with E-state index in [1.807, 2.05) is 29.7 Å². The lowest BCUT2D eigenvalue weighted by Gasteiger charge is -2.07. The molecule has 1 aromatic carbocycles. The Kier molecular flexibility index (Phi) is 5.17. The van der Waals surface area contributed by atoms with Crippen LogP contribution in [0.4, 0.5) is 0 Å². The number of carbonyl (C=O) groups is 1. The maximum Gasteiger partial charge on any atom is 0.237 e. The van der Waals surface area contributed by atoms with Crippen molar-refractivity contribution >= 4 is 28.6 Å². The highest BCUT2D eigenvalue weighted by molar-refractivity contribution is 7.99. The molecule has 7 nitrogen and oxygen atoms in total. The molecule has 2 heterocycles. The summed E-state index contributed by atoms with van der Waals surface area (Å²) in [4.78, 5) is 15.4. The number of rotatable bonds is 8. The van der Waals surface area contributed by atoms with Crippen LogP contribution in [0, 0.1) is 6.92 Å². The van der Waals surface area contributed by atoms with E-state index in [4.69, 9.17) is 5.73 Å². The van der Waals surface area contributed by atoms with Crippen molar-refractivity contribution in [2.45, 2.75) is 25.2 Å². The van der Waals surface area contributed by atoms with Crippen LogP contribution in [0.3, 0.4) is 0 Å². The molecule has 24 heavy (non-hydrogen) atoms. The van der Waals surface area contributed by atoms with E-state index < -0.39 is 0 Å². The van der Waals surface area contributed by atoms with Crippen LogP contribution < -0.4 is 11.1 Å². The molecule has 3 aromatic rings. The van der Waals surface area contributed by atoms with E-state index in [2.05, 4.69) is 26.6 Å². The fourth-order valence-corrected chi connectivity index (χ4v) is 3.46. The maximum absolute atomic E-state index is 11.4. The van der Waals surface area contributed by atoms with Gasteiger partial charge in [-0.15, -0.1) is 0 Å². The number of thioether (sulfide) groups is 1. The Morgan fingerprint density at radius 3 is 3.00 bits per heavy atom. The predicted molar refractivity (Wildman–Crippen MR) is 94.7 cm³/mol. The fraction of sp³-hybridized carbons (Fsp3) is 0.312. The number of benzene rings is 1. The summed E-state index contributed by atoms with van der Waals surface area (Å²) in [5, 5.41) is 12.1. The summed E-state index contributed by atoms with van der Waals surface area (Å²) in [7, 11) is 0. The first kappa shape index (κ1) is 16.5. The Labute approximate surface area is 144 Å². The molecular formula is C16H20N6OS. The van der Waals surface area contributed by atoms with Gasteiger partial charge in [0, 0.05) is 35.4 Å². The lowest BCUT2D eigenvalue weighted by Crippen LogP contribution is -2.20. The van der Waals surface area contributed by atoms with Crippen LogP contribution in [0.5, 0.6) is 0 Å². The van der Waals surface area contributed by atoms with Gasteiger partial charge in [-0.2, -0.15) is 5.10 Å². The molecule has 0 aliphatic carbocycles. The molecule has 0 aliphatic heterocycles. The number of amides is 1. The van der Waals surface area contributed by atoms with Gasteiger partial charge in [0.05, 0.1) is 0 Å². The highest BCUT2D eigenvalue weighted by Gasteiger charge is 2.14. The van der Waals surface area contributed by atoms with Crippen molar-refractivity contribution in [2.75, 3.05) is 12.3 Å². The van der Waals surface area contributed by atoms with Gasteiger partial charge in [-0.05, 0) is 18.6 Å². The summed E-state index contributed by atoms with van der Waals surface area (Å²) in [5.41, 5.74) is 8.71. The summed E-state index contributed by atoms with van der Waals surface area (Å²) < 4.78 is 1.98. The number of primary amides is 1. The summed E-state index contributed by atoms with van der Waals surface area (Å²) in [6.45, 7) is 3.83. The van der Waals surface area contributed by atoms with Gasteiger partial charge in [-0.3, -0.25) is 9.89 Å².